The highest BCUT2D eigenvalue weighted by Crippen LogP contribution is 2.10. The van der Waals surface area contributed by atoms with E-state index in [9.17, 15) is 4.79 Å². The average Bonchev–Trinajstić information content (AvgIpc) is 2.19. The number of aliphatic hydroxyl groups is 1. The molecule has 2 N–H and O–H groups in total. The maximum atomic E-state index is 11.2. The molecule has 0 aliphatic heterocycles. The van der Waals surface area contributed by atoms with Gasteiger partial charge in [0.05, 0.1) is 6.04 Å². The molecule has 0 fully saturated rings. The molecule has 0 aromatic heterocycles. The van der Waals surface area contributed by atoms with E-state index in [-0.39, 0.29) is 11.9 Å². The van der Waals surface area contributed by atoms with E-state index in [4.69, 9.17) is 5.11 Å². The fourth-order valence-electron chi connectivity index (χ4n) is 1.16. The van der Waals surface area contributed by atoms with E-state index in [0.717, 1.165) is 5.56 Å². The van der Waals surface area contributed by atoms with Gasteiger partial charge in [-0.05, 0) is 19.4 Å². The SMILES string of the molecule is CC(O)C(=O)N[C@H](C)c1ccccc1. The molecule has 0 aliphatic carbocycles. The Kier molecular flexibility index (Phi) is 3.65. The van der Waals surface area contributed by atoms with Crippen molar-refractivity contribution < 1.29 is 9.90 Å². The number of carbonyl (C=O) groups excluding carboxylic acids is 1. The van der Waals surface area contributed by atoms with E-state index in [2.05, 4.69) is 5.32 Å². The van der Waals surface area contributed by atoms with Gasteiger partial charge in [-0.15, -0.1) is 0 Å². The van der Waals surface area contributed by atoms with Crippen molar-refractivity contribution in [2.45, 2.75) is 26.0 Å². The highest BCUT2D eigenvalue weighted by atomic mass is 16.3. The van der Waals surface area contributed by atoms with Crippen LogP contribution < -0.4 is 5.32 Å². The van der Waals surface area contributed by atoms with Crippen LogP contribution in [0.1, 0.15) is 25.5 Å². The zero-order valence-electron chi connectivity index (χ0n) is 8.40. The number of benzene rings is 1. The first-order chi connectivity index (χ1) is 6.61. The summed E-state index contributed by atoms with van der Waals surface area (Å²) in [4.78, 5) is 11.2. The summed E-state index contributed by atoms with van der Waals surface area (Å²) in [6.45, 7) is 3.34. The van der Waals surface area contributed by atoms with Crippen LogP contribution in [0.5, 0.6) is 0 Å². The molecule has 1 aromatic carbocycles. The van der Waals surface area contributed by atoms with Crippen molar-refractivity contribution in [2.24, 2.45) is 0 Å². The van der Waals surface area contributed by atoms with Crippen molar-refractivity contribution in [3.8, 4) is 0 Å². The molecule has 0 aliphatic rings. The van der Waals surface area contributed by atoms with Crippen LogP contribution in [0.2, 0.25) is 0 Å². The molecule has 2 atom stereocenters. The number of hydrogen-bond donors (Lipinski definition) is 2. The van der Waals surface area contributed by atoms with Crippen LogP contribution in [0, 0.1) is 0 Å². The van der Waals surface area contributed by atoms with Gasteiger partial charge in [-0.3, -0.25) is 4.79 Å². The maximum absolute atomic E-state index is 11.2. The molecule has 0 heterocycles. The minimum atomic E-state index is -0.957. The number of carbonyl (C=O) groups is 1. The molecule has 3 heteroatoms. The van der Waals surface area contributed by atoms with E-state index in [1.807, 2.05) is 37.3 Å². The quantitative estimate of drug-likeness (QED) is 0.759. The van der Waals surface area contributed by atoms with Crippen molar-refractivity contribution in [1.29, 1.82) is 0 Å². The van der Waals surface area contributed by atoms with Gasteiger partial charge >= 0.3 is 0 Å². The smallest absolute Gasteiger partial charge is 0.249 e. The van der Waals surface area contributed by atoms with Gasteiger partial charge < -0.3 is 10.4 Å². The third-order valence-electron chi connectivity index (χ3n) is 2.04. The van der Waals surface area contributed by atoms with Gasteiger partial charge in [0.2, 0.25) is 5.91 Å². The highest BCUT2D eigenvalue weighted by molar-refractivity contribution is 5.80. The summed E-state index contributed by atoms with van der Waals surface area (Å²) in [7, 11) is 0. The van der Waals surface area contributed by atoms with Crippen LogP contribution in [-0.4, -0.2) is 17.1 Å². The second kappa shape index (κ2) is 4.77. The maximum Gasteiger partial charge on any atom is 0.249 e. The lowest BCUT2D eigenvalue weighted by molar-refractivity contribution is -0.129. The lowest BCUT2D eigenvalue weighted by Crippen LogP contribution is -2.34. The molecular weight excluding hydrogens is 178 g/mol. The Bertz CT molecular complexity index is 295. The van der Waals surface area contributed by atoms with E-state index in [1.54, 1.807) is 0 Å². The molecular formula is C11H15NO2. The highest BCUT2D eigenvalue weighted by Gasteiger charge is 2.12. The molecule has 1 amide bonds. The summed E-state index contributed by atoms with van der Waals surface area (Å²) in [6.07, 6.45) is -0.957. The van der Waals surface area contributed by atoms with Crippen molar-refractivity contribution in [1.82, 2.24) is 5.32 Å². The Morgan fingerprint density at radius 1 is 1.29 bits per heavy atom. The number of hydrogen-bond acceptors (Lipinski definition) is 2. The van der Waals surface area contributed by atoms with Crippen LogP contribution in [-0.2, 0) is 4.79 Å². The van der Waals surface area contributed by atoms with E-state index in [0.29, 0.717) is 0 Å². The van der Waals surface area contributed by atoms with Crippen LogP contribution >= 0.6 is 0 Å². The van der Waals surface area contributed by atoms with Crippen LogP contribution in [0.3, 0.4) is 0 Å². The molecule has 0 saturated heterocycles. The zero-order valence-corrected chi connectivity index (χ0v) is 8.40. The molecule has 1 aromatic rings. The minimum Gasteiger partial charge on any atom is -0.384 e. The number of nitrogens with one attached hydrogen (secondary N) is 1. The summed E-state index contributed by atoms with van der Waals surface area (Å²) in [5.74, 6) is -0.346. The number of amides is 1. The lowest BCUT2D eigenvalue weighted by atomic mass is 10.1. The lowest BCUT2D eigenvalue weighted by Gasteiger charge is -2.15. The Labute approximate surface area is 83.8 Å². The molecule has 14 heavy (non-hydrogen) atoms. The molecule has 3 nitrogen and oxygen atoms in total. The van der Waals surface area contributed by atoms with Gasteiger partial charge in [-0.25, -0.2) is 0 Å². The van der Waals surface area contributed by atoms with Crippen LogP contribution in [0.25, 0.3) is 0 Å². The average molecular weight is 193 g/mol. The summed E-state index contributed by atoms with van der Waals surface area (Å²) < 4.78 is 0. The first kappa shape index (κ1) is 10.7. The second-order valence-electron chi connectivity index (χ2n) is 3.32. The topological polar surface area (TPSA) is 49.3 Å². The van der Waals surface area contributed by atoms with Gasteiger partial charge in [0.15, 0.2) is 0 Å². The van der Waals surface area contributed by atoms with Crippen LogP contribution in [0.4, 0.5) is 0 Å². The Hall–Kier alpha value is -1.35. The third kappa shape index (κ3) is 2.85. The molecule has 0 saturated carbocycles. The molecule has 0 bridgehead atoms. The number of aliphatic hydroxyl groups excluding tert-OH is 1. The van der Waals surface area contributed by atoms with E-state index < -0.39 is 6.10 Å². The van der Waals surface area contributed by atoms with Gasteiger partial charge in [-0.1, -0.05) is 30.3 Å². The largest absolute Gasteiger partial charge is 0.384 e. The minimum absolute atomic E-state index is 0.0710. The molecule has 0 radical (unpaired) electrons. The van der Waals surface area contributed by atoms with Gasteiger partial charge in [-0.2, -0.15) is 0 Å². The molecule has 1 unspecified atom stereocenters. The second-order valence-corrected chi connectivity index (χ2v) is 3.32. The van der Waals surface area contributed by atoms with Gasteiger partial charge in [0.1, 0.15) is 6.10 Å². The van der Waals surface area contributed by atoms with Gasteiger partial charge in [0, 0.05) is 0 Å². The van der Waals surface area contributed by atoms with Crippen LogP contribution in [0.15, 0.2) is 30.3 Å². The first-order valence-electron chi connectivity index (χ1n) is 4.64. The molecule has 1 rings (SSSR count). The van der Waals surface area contributed by atoms with E-state index in [1.165, 1.54) is 6.92 Å². The summed E-state index contributed by atoms with van der Waals surface area (Å²) in [5, 5.41) is 11.7. The first-order valence-corrected chi connectivity index (χ1v) is 4.64. The summed E-state index contributed by atoms with van der Waals surface area (Å²) >= 11 is 0. The predicted molar refractivity (Wildman–Crippen MR) is 54.7 cm³/mol. The third-order valence-corrected chi connectivity index (χ3v) is 2.04. The number of rotatable bonds is 3. The van der Waals surface area contributed by atoms with Crippen molar-refractivity contribution in [2.75, 3.05) is 0 Å². The van der Waals surface area contributed by atoms with Crippen molar-refractivity contribution >= 4 is 5.91 Å². The molecule has 0 spiro atoms. The monoisotopic (exact) mass is 193 g/mol. The summed E-state index contributed by atoms with van der Waals surface area (Å²) in [5.41, 5.74) is 1.03. The Balaban J connectivity index is 2.59. The summed E-state index contributed by atoms with van der Waals surface area (Å²) in [6, 6.07) is 9.56. The zero-order chi connectivity index (χ0) is 10.6. The van der Waals surface area contributed by atoms with E-state index >= 15 is 0 Å². The normalized spacial score (nSPS) is 14.5. The predicted octanol–water partition coefficient (Wildman–Crippen LogP) is 1.24. The fraction of sp³-hybridized carbons (Fsp3) is 0.364. The fourth-order valence-corrected chi connectivity index (χ4v) is 1.16. The standard InChI is InChI=1S/C11H15NO2/c1-8(12-11(14)9(2)13)10-6-4-3-5-7-10/h3-9,13H,1-2H3,(H,12,14)/t8-,9?/m1/s1. The molecule has 76 valence electrons. The Morgan fingerprint density at radius 2 is 1.86 bits per heavy atom. The van der Waals surface area contributed by atoms with Crippen molar-refractivity contribution in [3.63, 3.8) is 0 Å². The Morgan fingerprint density at radius 3 is 2.36 bits per heavy atom. The van der Waals surface area contributed by atoms with Crippen molar-refractivity contribution in [3.05, 3.63) is 35.9 Å². The van der Waals surface area contributed by atoms with Gasteiger partial charge in [0.25, 0.3) is 0 Å².